The predicted octanol–water partition coefficient (Wildman–Crippen LogP) is 1.25. The molecule has 0 fully saturated rings. The fourth-order valence-corrected chi connectivity index (χ4v) is 1.03. The molecule has 0 unspecified atom stereocenters. The number of halogens is 1. The summed E-state index contributed by atoms with van der Waals surface area (Å²) < 4.78 is 12.8. The van der Waals surface area contributed by atoms with Crippen molar-refractivity contribution in [3.8, 4) is 11.5 Å². The average Bonchev–Trinajstić information content (AvgIpc) is 2.10. The number of hydrogen-bond acceptors (Lipinski definition) is 3. The molecule has 76 valence electrons. The molecule has 0 spiro atoms. The van der Waals surface area contributed by atoms with Crippen LogP contribution >= 0.6 is 0 Å². The Kier molecular flexibility index (Phi) is 2.91. The van der Waals surface area contributed by atoms with Crippen LogP contribution in [0.1, 0.15) is 12.0 Å². The summed E-state index contributed by atoms with van der Waals surface area (Å²) in [5, 5.41) is 26.2. The number of hydrogen-bond donors (Lipinski definition) is 3. The molecule has 0 amide bonds. The van der Waals surface area contributed by atoms with Crippen molar-refractivity contribution in [2.24, 2.45) is 0 Å². The van der Waals surface area contributed by atoms with E-state index in [1.165, 1.54) is 0 Å². The van der Waals surface area contributed by atoms with Crippen LogP contribution in [-0.4, -0.2) is 21.3 Å². The van der Waals surface area contributed by atoms with Gasteiger partial charge >= 0.3 is 5.97 Å². The average molecular weight is 200 g/mol. The Labute approximate surface area is 79.2 Å². The number of phenols is 2. The molecule has 1 rings (SSSR count). The Morgan fingerprint density at radius 3 is 2.50 bits per heavy atom. The van der Waals surface area contributed by atoms with Gasteiger partial charge in [-0.15, -0.1) is 0 Å². The van der Waals surface area contributed by atoms with E-state index in [9.17, 15) is 9.18 Å². The van der Waals surface area contributed by atoms with Gasteiger partial charge in [0, 0.05) is 6.42 Å². The minimum Gasteiger partial charge on any atom is -0.504 e. The number of rotatable bonds is 3. The molecule has 4 nitrogen and oxygen atoms in total. The van der Waals surface area contributed by atoms with Gasteiger partial charge in [0.15, 0.2) is 17.3 Å². The number of carbonyl (C=O) groups is 1. The third-order valence-electron chi connectivity index (χ3n) is 1.73. The molecule has 1 aromatic rings. The number of carboxylic acid groups (broad SMARTS) is 1. The third-order valence-corrected chi connectivity index (χ3v) is 1.73. The minimum absolute atomic E-state index is 0.111. The molecule has 0 aliphatic rings. The number of aryl methyl sites for hydroxylation is 1. The zero-order valence-corrected chi connectivity index (χ0v) is 7.20. The van der Waals surface area contributed by atoms with Gasteiger partial charge in [-0.1, -0.05) is 0 Å². The van der Waals surface area contributed by atoms with Crippen LogP contribution in [-0.2, 0) is 11.2 Å². The standard InChI is InChI=1S/C9H9FO4/c10-6-3-5(1-2-8(12)13)4-7(11)9(6)14/h3-4,11,14H,1-2H2,(H,12,13). The van der Waals surface area contributed by atoms with Crippen LogP contribution in [0.5, 0.6) is 11.5 Å². The zero-order valence-electron chi connectivity index (χ0n) is 7.20. The molecule has 0 saturated heterocycles. The maximum atomic E-state index is 12.8. The maximum Gasteiger partial charge on any atom is 0.303 e. The molecule has 14 heavy (non-hydrogen) atoms. The van der Waals surface area contributed by atoms with E-state index in [0.717, 1.165) is 12.1 Å². The molecule has 0 aliphatic heterocycles. The SMILES string of the molecule is O=C(O)CCc1cc(O)c(O)c(F)c1. The number of phenolic OH excluding ortho intramolecular Hbond substituents is 2. The Balaban J connectivity index is 2.84. The van der Waals surface area contributed by atoms with Crippen molar-refractivity contribution < 1.29 is 24.5 Å². The lowest BCUT2D eigenvalue weighted by molar-refractivity contribution is -0.136. The van der Waals surface area contributed by atoms with Gasteiger partial charge < -0.3 is 15.3 Å². The largest absolute Gasteiger partial charge is 0.504 e. The first-order valence-corrected chi connectivity index (χ1v) is 3.93. The third kappa shape index (κ3) is 2.35. The molecule has 0 radical (unpaired) electrons. The molecule has 0 aliphatic carbocycles. The molecule has 0 atom stereocenters. The van der Waals surface area contributed by atoms with E-state index in [2.05, 4.69) is 0 Å². The van der Waals surface area contributed by atoms with Gasteiger partial charge in [-0.2, -0.15) is 0 Å². The second-order valence-corrected chi connectivity index (χ2v) is 2.84. The molecule has 5 heteroatoms. The summed E-state index contributed by atoms with van der Waals surface area (Å²) in [7, 11) is 0. The van der Waals surface area contributed by atoms with Crippen LogP contribution in [0, 0.1) is 5.82 Å². The smallest absolute Gasteiger partial charge is 0.303 e. The first kappa shape index (κ1) is 10.3. The van der Waals surface area contributed by atoms with Gasteiger partial charge in [-0.25, -0.2) is 4.39 Å². The fourth-order valence-electron chi connectivity index (χ4n) is 1.03. The van der Waals surface area contributed by atoms with Crippen LogP contribution < -0.4 is 0 Å². The van der Waals surface area contributed by atoms with Gasteiger partial charge in [0.1, 0.15) is 0 Å². The summed E-state index contributed by atoms with van der Waals surface area (Å²) >= 11 is 0. The summed E-state index contributed by atoms with van der Waals surface area (Å²) in [6.45, 7) is 0. The molecular formula is C9H9FO4. The van der Waals surface area contributed by atoms with Gasteiger partial charge in [-0.05, 0) is 24.1 Å². The van der Waals surface area contributed by atoms with Crippen molar-refractivity contribution in [2.45, 2.75) is 12.8 Å². The minimum atomic E-state index is -1.00. The number of carboxylic acids is 1. The van der Waals surface area contributed by atoms with Crippen LogP contribution in [0.2, 0.25) is 0 Å². The van der Waals surface area contributed by atoms with Crippen molar-refractivity contribution >= 4 is 5.97 Å². The summed E-state index contributed by atoms with van der Waals surface area (Å²) in [5.74, 6) is -3.35. The van der Waals surface area contributed by atoms with E-state index in [1.807, 2.05) is 0 Å². The fraction of sp³-hybridized carbons (Fsp3) is 0.222. The van der Waals surface area contributed by atoms with Crippen LogP contribution in [0.15, 0.2) is 12.1 Å². The lowest BCUT2D eigenvalue weighted by Gasteiger charge is -2.03. The second-order valence-electron chi connectivity index (χ2n) is 2.84. The van der Waals surface area contributed by atoms with Crippen molar-refractivity contribution in [3.05, 3.63) is 23.5 Å². The highest BCUT2D eigenvalue weighted by Crippen LogP contribution is 2.29. The maximum absolute atomic E-state index is 12.8. The molecule has 0 saturated carbocycles. The molecule has 3 N–H and O–H groups in total. The van der Waals surface area contributed by atoms with Gasteiger partial charge in [0.05, 0.1) is 0 Å². The number of benzene rings is 1. The quantitative estimate of drug-likeness (QED) is 0.642. The van der Waals surface area contributed by atoms with Crippen LogP contribution in [0.25, 0.3) is 0 Å². The van der Waals surface area contributed by atoms with Gasteiger partial charge in [0.2, 0.25) is 0 Å². The Bertz CT molecular complexity index is 339. The van der Waals surface area contributed by atoms with E-state index in [4.69, 9.17) is 15.3 Å². The number of aliphatic carboxylic acids is 1. The summed E-state index contributed by atoms with van der Waals surface area (Å²) in [4.78, 5) is 10.2. The molecule has 1 aromatic carbocycles. The van der Waals surface area contributed by atoms with Crippen LogP contribution in [0.4, 0.5) is 4.39 Å². The van der Waals surface area contributed by atoms with Gasteiger partial charge in [-0.3, -0.25) is 4.79 Å². The van der Waals surface area contributed by atoms with Crippen LogP contribution in [0.3, 0.4) is 0 Å². The monoisotopic (exact) mass is 200 g/mol. The van der Waals surface area contributed by atoms with E-state index in [1.54, 1.807) is 0 Å². The first-order valence-electron chi connectivity index (χ1n) is 3.93. The molecule has 0 bridgehead atoms. The Hall–Kier alpha value is -1.78. The summed E-state index contributed by atoms with van der Waals surface area (Å²) in [6, 6.07) is 2.14. The van der Waals surface area contributed by atoms with E-state index in [-0.39, 0.29) is 12.8 Å². The van der Waals surface area contributed by atoms with E-state index < -0.39 is 23.3 Å². The van der Waals surface area contributed by atoms with Crippen molar-refractivity contribution in [3.63, 3.8) is 0 Å². The Morgan fingerprint density at radius 1 is 1.36 bits per heavy atom. The second kappa shape index (κ2) is 3.95. The molecule has 0 aromatic heterocycles. The highest BCUT2D eigenvalue weighted by Gasteiger charge is 2.09. The highest BCUT2D eigenvalue weighted by molar-refractivity contribution is 5.67. The topological polar surface area (TPSA) is 77.8 Å². The van der Waals surface area contributed by atoms with E-state index in [0.29, 0.717) is 5.56 Å². The lowest BCUT2D eigenvalue weighted by atomic mass is 10.1. The number of aromatic hydroxyl groups is 2. The van der Waals surface area contributed by atoms with Crippen molar-refractivity contribution in [1.29, 1.82) is 0 Å². The van der Waals surface area contributed by atoms with Crippen molar-refractivity contribution in [1.82, 2.24) is 0 Å². The summed E-state index contributed by atoms with van der Waals surface area (Å²) in [6.07, 6.45) is -0.0379. The highest BCUT2D eigenvalue weighted by atomic mass is 19.1. The molecule has 0 heterocycles. The van der Waals surface area contributed by atoms with E-state index >= 15 is 0 Å². The van der Waals surface area contributed by atoms with Crippen molar-refractivity contribution in [2.75, 3.05) is 0 Å². The summed E-state index contributed by atoms with van der Waals surface area (Å²) in [5.41, 5.74) is 0.334. The first-order chi connectivity index (χ1) is 6.50. The normalized spacial score (nSPS) is 10.1. The van der Waals surface area contributed by atoms with Gasteiger partial charge in [0.25, 0.3) is 0 Å². The zero-order chi connectivity index (χ0) is 10.7. The molecular weight excluding hydrogens is 191 g/mol. The Morgan fingerprint density at radius 2 is 2.00 bits per heavy atom. The predicted molar refractivity (Wildman–Crippen MR) is 45.7 cm³/mol. The lowest BCUT2D eigenvalue weighted by Crippen LogP contribution is -1.97.